The molecule has 1 aromatic carbocycles. The van der Waals surface area contributed by atoms with Gasteiger partial charge in [0.05, 0.1) is 19.3 Å². The van der Waals surface area contributed by atoms with Crippen LogP contribution in [0.25, 0.3) is 11.0 Å². The standard InChI is InChI=1S/C16H17N5O3/c22-7-6-21-15-13(9-19-21)16(24)20(11-18-15)10-14(23)17-8-12-4-2-1-3-5-12/h1-5,9,11,22H,6-8,10H2,(H,17,23). The summed E-state index contributed by atoms with van der Waals surface area (Å²) in [7, 11) is 0. The molecule has 3 aromatic rings. The van der Waals surface area contributed by atoms with Gasteiger partial charge in [-0.2, -0.15) is 5.10 Å². The molecule has 8 heteroatoms. The molecular weight excluding hydrogens is 310 g/mol. The smallest absolute Gasteiger partial charge is 0.264 e. The van der Waals surface area contributed by atoms with Gasteiger partial charge in [-0.05, 0) is 5.56 Å². The van der Waals surface area contributed by atoms with Crippen molar-refractivity contribution in [3.8, 4) is 0 Å². The molecule has 2 N–H and O–H groups in total. The van der Waals surface area contributed by atoms with Crippen molar-refractivity contribution in [3.05, 3.63) is 58.8 Å². The molecule has 3 rings (SSSR count). The molecule has 0 bridgehead atoms. The van der Waals surface area contributed by atoms with Crippen LogP contribution < -0.4 is 10.9 Å². The van der Waals surface area contributed by atoms with Crippen LogP contribution >= 0.6 is 0 Å². The summed E-state index contributed by atoms with van der Waals surface area (Å²) in [6.07, 6.45) is 2.72. The number of rotatable bonds is 6. The van der Waals surface area contributed by atoms with Crippen molar-refractivity contribution >= 4 is 16.9 Å². The Labute approximate surface area is 137 Å². The van der Waals surface area contributed by atoms with Gasteiger partial charge >= 0.3 is 0 Å². The van der Waals surface area contributed by atoms with Crippen molar-refractivity contribution in [1.29, 1.82) is 0 Å². The van der Waals surface area contributed by atoms with E-state index < -0.39 is 0 Å². The van der Waals surface area contributed by atoms with Gasteiger partial charge < -0.3 is 10.4 Å². The minimum Gasteiger partial charge on any atom is -0.394 e. The lowest BCUT2D eigenvalue weighted by atomic mass is 10.2. The summed E-state index contributed by atoms with van der Waals surface area (Å²) in [5.74, 6) is -0.273. The predicted molar refractivity (Wildman–Crippen MR) is 87.2 cm³/mol. The van der Waals surface area contributed by atoms with Crippen molar-refractivity contribution in [1.82, 2.24) is 24.6 Å². The van der Waals surface area contributed by atoms with Crippen molar-refractivity contribution < 1.29 is 9.90 Å². The number of hydrogen-bond donors (Lipinski definition) is 2. The number of carbonyl (C=O) groups is 1. The Bertz CT molecular complexity index is 901. The second-order valence-electron chi connectivity index (χ2n) is 5.27. The monoisotopic (exact) mass is 327 g/mol. The maximum atomic E-state index is 12.4. The van der Waals surface area contributed by atoms with Gasteiger partial charge in [-0.15, -0.1) is 0 Å². The molecule has 2 aromatic heterocycles. The lowest BCUT2D eigenvalue weighted by molar-refractivity contribution is -0.121. The van der Waals surface area contributed by atoms with E-state index >= 15 is 0 Å². The summed E-state index contributed by atoms with van der Waals surface area (Å²) in [4.78, 5) is 28.6. The quantitative estimate of drug-likeness (QED) is 0.658. The van der Waals surface area contributed by atoms with Crippen LogP contribution in [0.3, 0.4) is 0 Å². The fourth-order valence-electron chi connectivity index (χ4n) is 2.38. The minimum atomic E-state index is -0.334. The van der Waals surface area contributed by atoms with Gasteiger partial charge in [0.2, 0.25) is 5.91 Å². The van der Waals surface area contributed by atoms with Gasteiger partial charge in [0, 0.05) is 6.54 Å². The highest BCUT2D eigenvalue weighted by molar-refractivity contribution is 5.77. The topological polar surface area (TPSA) is 102 Å². The molecule has 0 aliphatic carbocycles. The highest BCUT2D eigenvalue weighted by atomic mass is 16.3. The average molecular weight is 327 g/mol. The lowest BCUT2D eigenvalue weighted by Crippen LogP contribution is -2.32. The number of amides is 1. The summed E-state index contributed by atoms with van der Waals surface area (Å²) < 4.78 is 2.70. The normalized spacial score (nSPS) is 10.9. The predicted octanol–water partition coefficient (Wildman–Crippen LogP) is -0.0983. The van der Waals surface area contributed by atoms with E-state index in [0.717, 1.165) is 5.56 Å². The van der Waals surface area contributed by atoms with E-state index in [4.69, 9.17) is 5.11 Å². The van der Waals surface area contributed by atoms with Crippen molar-refractivity contribution in [2.75, 3.05) is 6.61 Å². The molecule has 1 amide bonds. The number of nitrogens with one attached hydrogen (secondary N) is 1. The zero-order chi connectivity index (χ0) is 16.9. The number of benzene rings is 1. The fourth-order valence-corrected chi connectivity index (χ4v) is 2.38. The SMILES string of the molecule is O=C(Cn1cnc2c(cnn2CCO)c1=O)NCc1ccccc1. The van der Waals surface area contributed by atoms with Crippen molar-refractivity contribution in [2.45, 2.75) is 19.6 Å². The Morgan fingerprint density at radius 1 is 1.25 bits per heavy atom. The van der Waals surface area contributed by atoms with Gasteiger partial charge in [-0.25, -0.2) is 9.67 Å². The first-order valence-corrected chi connectivity index (χ1v) is 7.51. The van der Waals surface area contributed by atoms with Gasteiger partial charge in [0.15, 0.2) is 5.65 Å². The Morgan fingerprint density at radius 2 is 2.04 bits per heavy atom. The molecule has 0 atom stereocenters. The maximum Gasteiger partial charge on any atom is 0.264 e. The summed E-state index contributed by atoms with van der Waals surface area (Å²) in [5.41, 5.74) is 1.05. The Balaban J connectivity index is 1.72. The largest absolute Gasteiger partial charge is 0.394 e. The van der Waals surface area contributed by atoms with E-state index in [1.54, 1.807) is 0 Å². The van der Waals surface area contributed by atoms with Gasteiger partial charge in [-0.1, -0.05) is 30.3 Å². The second-order valence-corrected chi connectivity index (χ2v) is 5.27. The molecule has 0 aliphatic heterocycles. The van der Waals surface area contributed by atoms with E-state index in [0.29, 0.717) is 17.6 Å². The first-order chi connectivity index (χ1) is 11.7. The van der Waals surface area contributed by atoms with E-state index in [9.17, 15) is 9.59 Å². The highest BCUT2D eigenvalue weighted by Gasteiger charge is 2.11. The van der Waals surface area contributed by atoms with Crippen LogP contribution in [0.1, 0.15) is 5.56 Å². The summed E-state index contributed by atoms with van der Waals surface area (Å²) in [5, 5.41) is 16.1. The molecule has 24 heavy (non-hydrogen) atoms. The van der Waals surface area contributed by atoms with Crippen LogP contribution in [0.5, 0.6) is 0 Å². The molecular formula is C16H17N5O3. The number of aromatic nitrogens is 4. The van der Waals surface area contributed by atoms with Gasteiger partial charge in [0.25, 0.3) is 5.56 Å². The minimum absolute atomic E-state index is 0.0938. The average Bonchev–Trinajstić information content (AvgIpc) is 3.01. The zero-order valence-corrected chi connectivity index (χ0v) is 12.9. The fraction of sp³-hybridized carbons (Fsp3) is 0.250. The van der Waals surface area contributed by atoms with E-state index in [2.05, 4.69) is 15.4 Å². The van der Waals surface area contributed by atoms with Crippen LogP contribution in [0.15, 0.2) is 47.7 Å². The molecule has 0 saturated heterocycles. The Morgan fingerprint density at radius 3 is 2.79 bits per heavy atom. The number of aliphatic hydroxyl groups is 1. The third-order valence-electron chi connectivity index (χ3n) is 3.58. The van der Waals surface area contributed by atoms with Crippen LogP contribution in [-0.4, -0.2) is 37.0 Å². The van der Waals surface area contributed by atoms with Crippen LogP contribution in [0.2, 0.25) is 0 Å². The number of hydrogen-bond acceptors (Lipinski definition) is 5. The van der Waals surface area contributed by atoms with E-state index in [1.807, 2.05) is 30.3 Å². The molecule has 0 aliphatic rings. The number of fused-ring (bicyclic) bond motifs is 1. The van der Waals surface area contributed by atoms with E-state index in [1.165, 1.54) is 21.8 Å². The molecule has 124 valence electrons. The molecule has 0 saturated carbocycles. The number of nitrogens with zero attached hydrogens (tertiary/aromatic N) is 4. The first kappa shape index (κ1) is 15.9. The third-order valence-corrected chi connectivity index (χ3v) is 3.58. The molecule has 0 spiro atoms. The summed E-state index contributed by atoms with van der Waals surface area (Å²) >= 11 is 0. The molecule has 8 nitrogen and oxygen atoms in total. The molecule has 0 fully saturated rings. The second kappa shape index (κ2) is 7.05. The highest BCUT2D eigenvalue weighted by Crippen LogP contribution is 2.05. The van der Waals surface area contributed by atoms with Crippen LogP contribution in [0.4, 0.5) is 0 Å². The van der Waals surface area contributed by atoms with Crippen molar-refractivity contribution in [2.24, 2.45) is 0 Å². The van der Waals surface area contributed by atoms with Crippen molar-refractivity contribution in [3.63, 3.8) is 0 Å². The lowest BCUT2D eigenvalue weighted by Gasteiger charge is -2.07. The first-order valence-electron chi connectivity index (χ1n) is 7.51. The number of aliphatic hydroxyl groups excluding tert-OH is 1. The number of carbonyl (C=O) groups excluding carboxylic acids is 1. The Kier molecular flexibility index (Phi) is 4.66. The van der Waals surface area contributed by atoms with Gasteiger partial charge in [-0.3, -0.25) is 14.2 Å². The van der Waals surface area contributed by atoms with Crippen LogP contribution in [-0.2, 0) is 24.4 Å². The van der Waals surface area contributed by atoms with Gasteiger partial charge in [0.1, 0.15) is 18.3 Å². The van der Waals surface area contributed by atoms with Crippen LogP contribution in [0, 0.1) is 0 Å². The summed E-state index contributed by atoms with van der Waals surface area (Å²) in [6, 6.07) is 9.52. The third kappa shape index (κ3) is 3.33. The molecule has 2 heterocycles. The molecule has 0 radical (unpaired) electrons. The Hall–Kier alpha value is -3.00. The maximum absolute atomic E-state index is 12.4. The van der Waals surface area contributed by atoms with E-state index in [-0.39, 0.29) is 31.2 Å². The molecule has 0 unspecified atom stereocenters. The summed E-state index contributed by atoms with van der Waals surface area (Å²) in [6.45, 7) is 0.458. The zero-order valence-electron chi connectivity index (χ0n) is 12.9.